The SMILES string of the molecule is Cc1ccc(CC(CCl)Cc2ccc3c(c2)CCC3)cc1. The van der Waals surface area contributed by atoms with Gasteiger partial charge in [-0.1, -0.05) is 48.0 Å². The highest BCUT2D eigenvalue weighted by molar-refractivity contribution is 6.18. The van der Waals surface area contributed by atoms with E-state index in [-0.39, 0.29) is 0 Å². The number of aryl methyl sites for hydroxylation is 3. The third kappa shape index (κ3) is 3.68. The standard InChI is InChI=1S/C20H23Cl/c1-15-5-7-16(8-6-15)11-18(14-21)12-17-9-10-19-3-2-4-20(19)13-17/h5-10,13,18H,2-4,11-12,14H2,1H3. The Labute approximate surface area is 133 Å². The van der Waals surface area contributed by atoms with Gasteiger partial charge in [-0.3, -0.25) is 0 Å². The molecule has 0 saturated heterocycles. The number of hydrogen-bond donors (Lipinski definition) is 0. The van der Waals surface area contributed by atoms with Crippen molar-refractivity contribution in [2.45, 2.75) is 39.0 Å². The van der Waals surface area contributed by atoms with Crippen molar-refractivity contribution >= 4 is 11.6 Å². The van der Waals surface area contributed by atoms with Crippen molar-refractivity contribution in [1.82, 2.24) is 0 Å². The van der Waals surface area contributed by atoms with Crippen LogP contribution in [0.25, 0.3) is 0 Å². The zero-order chi connectivity index (χ0) is 14.7. The normalized spacial score (nSPS) is 15.0. The van der Waals surface area contributed by atoms with Crippen LogP contribution < -0.4 is 0 Å². The molecule has 0 N–H and O–H groups in total. The van der Waals surface area contributed by atoms with E-state index in [9.17, 15) is 0 Å². The molecule has 0 heterocycles. The van der Waals surface area contributed by atoms with Gasteiger partial charge in [0.2, 0.25) is 0 Å². The number of fused-ring (bicyclic) bond motifs is 1. The molecule has 110 valence electrons. The summed E-state index contributed by atoms with van der Waals surface area (Å²) in [6.45, 7) is 2.13. The first-order valence-corrected chi connectivity index (χ1v) is 8.50. The highest BCUT2D eigenvalue weighted by atomic mass is 35.5. The Morgan fingerprint density at radius 2 is 1.57 bits per heavy atom. The Kier molecular flexibility index (Phi) is 4.65. The second-order valence-corrected chi connectivity index (χ2v) is 6.68. The fourth-order valence-corrected chi connectivity index (χ4v) is 3.54. The summed E-state index contributed by atoms with van der Waals surface area (Å²) in [5.41, 5.74) is 7.29. The minimum Gasteiger partial charge on any atom is -0.126 e. The fourth-order valence-electron chi connectivity index (χ4n) is 3.32. The van der Waals surface area contributed by atoms with E-state index < -0.39 is 0 Å². The molecule has 0 saturated carbocycles. The topological polar surface area (TPSA) is 0 Å². The van der Waals surface area contributed by atoms with Crippen LogP contribution in [-0.2, 0) is 25.7 Å². The third-order valence-corrected chi connectivity index (χ3v) is 4.99. The zero-order valence-corrected chi connectivity index (χ0v) is 13.5. The summed E-state index contributed by atoms with van der Waals surface area (Å²) >= 11 is 6.22. The van der Waals surface area contributed by atoms with E-state index in [2.05, 4.69) is 49.4 Å². The average molecular weight is 299 g/mol. The molecule has 1 aliphatic rings. The molecule has 3 rings (SSSR count). The summed E-state index contributed by atoms with van der Waals surface area (Å²) in [5, 5.41) is 0. The molecule has 0 aliphatic heterocycles. The Morgan fingerprint density at radius 3 is 2.33 bits per heavy atom. The molecule has 1 atom stereocenters. The average Bonchev–Trinajstić information content (AvgIpc) is 2.96. The molecule has 0 bridgehead atoms. The largest absolute Gasteiger partial charge is 0.126 e. The molecule has 2 aromatic carbocycles. The predicted octanol–water partition coefficient (Wildman–Crippen LogP) is 5.12. The lowest BCUT2D eigenvalue weighted by molar-refractivity contribution is 0.583. The minimum atomic E-state index is 0.522. The number of rotatable bonds is 5. The van der Waals surface area contributed by atoms with Gasteiger partial charge in [0.1, 0.15) is 0 Å². The van der Waals surface area contributed by atoms with E-state index in [1.54, 1.807) is 11.1 Å². The molecule has 0 aromatic heterocycles. The Morgan fingerprint density at radius 1 is 0.905 bits per heavy atom. The molecular formula is C20H23Cl. The molecule has 0 radical (unpaired) electrons. The first-order chi connectivity index (χ1) is 10.2. The zero-order valence-electron chi connectivity index (χ0n) is 12.7. The summed E-state index contributed by atoms with van der Waals surface area (Å²) < 4.78 is 0. The van der Waals surface area contributed by atoms with Crippen LogP contribution in [0.4, 0.5) is 0 Å². The van der Waals surface area contributed by atoms with Gasteiger partial charge in [0.25, 0.3) is 0 Å². The summed E-state index contributed by atoms with van der Waals surface area (Å²) in [6, 6.07) is 15.9. The maximum Gasteiger partial charge on any atom is 0.0258 e. The van der Waals surface area contributed by atoms with Gasteiger partial charge in [-0.15, -0.1) is 11.6 Å². The van der Waals surface area contributed by atoms with E-state index in [0.717, 1.165) is 18.7 Å². The van der Waals surface area contributed by atoms with Crippen molar-refractivity contribution in [1.29, 1.82) is 0 Å². The van der Waals surface area contributed by atoms with E-state index in [4.69, 9.17) is 11.6 Å². The number of halogens is 1. The van der Waals surface area contributed by atoms with E-state index >= 15 is 0 Å². The van der Waals surface area contributed by atoms with Crippen LogP contribution >= 0.6 is 11.6 Å². The highest BCUT2D eigenvalue weighted by Crippen LogP contribution is 2.25. The van der Waals surface area contributed by atoms with Gasteiger partial charge in [0.15, 0.2) is 0 Å². The van der Waals surface area contributed by atoms with Gasteiger partial charge in [-0.25, -0.2) is 0 Å². The summed E-state index contributed by atoms with van der Waals surface area (Å²) in [7, 11) is 0. The maximum atomic E-state index is 6.22. The molecule has 1 aliphatic carbocycles. The molecule has 0 spiro atoms. The van der Waals surface area contributed by atoms with Crippen molar-refractivity contribution in [3.63, 3.8) is 0 Å². The second-order valence-electron chi connectivity index (χ2n) is 6.37. The third-order valence-electron chi connectivity index (χ3n) is 4.55. The first kappa shape index (κ1) is 14.7. The summed E-state index contributed by atoms with van der Waals surface area (Å²) in [4.78, 5) is 0. The maximum absolute atomic E-state index is 6.22. The van der Waals surface area contributed by atoms with Crippen LogP contribution in [0.5, 0.6) is 0 Å². The van der Waals surface area contributed by atoms with Crippen LogP contribution in [0.3, 0.4) is 0 Å². The molecule has 0 amide bonds. The lowest BCUT2D eigenvalue weighted by Crippen LogP contribution is -2.10. The van der Waals surface area contributed by atoms with Crippen LogP contribution in [0.1, 0.15) is 34.2 Å². The predicted molar refractivity (Wildman–Crippen MR) is 91.3 cm³/mol. The Bertz CT molecular complexity index is 598. The van der Waals surface area contributed by atoms with Gasteiger partial charge in [-0.05, 0) is 67.2 Å². The number of alkyl halides is 1. The van der Waals surface area contributed by atoms with E-state index in [1.807, 2.05) is 0 Å². The van der Waals surface area contributed by atoms with Crippen molar-refractivity contribution in [3.8, 4) is 0 Å². The lowest BCUT2D eigenvalue weighted by Gasteiger charge is -2.15. The quantitative estimate of drug-likeness (QED) is 0.672. The van der Waals surface area contributed by atoms with Crippen LogP contribution in [0, 0.1) is 12.8 Å². The van der Waals surface area contributed by atoms with Crippen LogP contribution in [-0.4, -0.2) is 5.88 Å². The molecule has 0 nitrogen and oxygen atoms in total. The Hall–Kier alpha value is -1.27. The molecule has 1 unspecified atom stereocenters. The van der Waals surface area contributed by atoms with Crippen molar-refractivity contribution in [3.05, 3.63) is 70.3 Å². The molecule has 0 fully saturated rings. The van der Waals surface area contributed by atoms with Gasteiger partial charge in [0, 0.05) is 5.88 Å². The van der Waals surface area contributed by atoms with Gasteiger partial charge >= 0.3 is 0 Å². The van der Waals surface area contributed by atoms with E-state index in [1.165, 1.54) is 36.0 Å². The summed E-state index contributed by atoms with van der Waals surface area (Å²) in [6.07, 6.45) is 6.00. The molecule has 1 heteroatoms. The van der Waals surface area contributed by atoms with Crippen LogP contribution in [0.15, 0.2) is 42.5 Å². The molecule has 2 aromatic rings. The monoisotopic (exact) mass is 298 g/mol. The highest BCUT2D eigenvalue weighted by Gasteiger charge is 2.14. The fraction of sp³-hybridized carbons (Fsp3) is 0.400. The first-order valence-electron chi connectivity index (χ1n) is 7.97. The second kappa shape index (κ2) is 6.66. The number of benzene rings is 2. The minimum absolute atomic E-state index is 0.522. The van der Waals surface area contributed by atoms with Crippen LogP contribution in [0.2, 0.25) is 0 Å². The van der Waals surface area contributed by atoms with E-state index in [0.29, 0.717) is 5.92 Å². The van der Waals surface area contributed by atoms with Gasteiger partial charge in [-0.2, -0.15) is 0 Å². The molecular weight excluding hydrogens is 276 g/mol. The van der Waals surface area contributed by atoms with Gasteiger partial charge in [0.05, 0.1) is 0 Å². The van der Waals surface area contributed by atoms with Crippen molar-refractivity contribution in [2.75, 3.05) is 5.88 Å². The summed E-state index contributed by atoms with van der Waals surface area (Å²) in [5.74, 6) is 1.25. The lowest BCUT2D eigenvalue weighted by atomic mass is 9.92. The van der Waals surface area contributed by atoms with Crippen molar-refractivity contribution in [2.24, 2.45) is 5.92 Å². The molecule has 21 heavy (non-hydrogen) atoms. The smallest absolute Gasteiger partial charge is 0.0258 e. The Balaban J connectivity index is 1.68. The number of hydrogen-bond acceptors (Lipinski definition) is 0. The van der Waals surface area contributed by atoms with Gasteiger partial charge < -0.3 is 0 Å². The van der Waals surface area contributed by atoms with Crippen molar-refractivity contribution < 1.29 is 0 Å².